The Morgan fingerprint density at radius 3 is 2.33 bits per heavy atom. The van der Waals surface area contributed by atoms with Gasteiger partial charge in [0.2, 0.25) is 0 Å². The predicted octanol–water partition coefficient (Wildman–Crippen LogP) is 4.72. The summed E-state index contributed by atoms with van der Waals surface area (Å²) in [6, 6.07) is 8.13. The van der Waals surface area contributed by atoms with Crippen molar-refractivity contribution in [3.63, 3.8) is 0 Å². The molecule has 2 aromatic rings. The summed E-state index contributed by atoms with van der Waals surface area (Å²) in [5, 5.41) is 0. The summed E-state index contributed by atoms with van der Waals surface area (Å²) in [7, 11) is 0. The van der Waals surface area contributed by atoms with Crippen molar-refractivity contribution in [1.29, 1.82) is 0 Å². The highest BCUT2D eigenvalue weighted by atomic mass is 79.9. The average molecular weight is 303 g/mol. The lowest BCUT2D eigenvalue weighted by Crippen LogP contribution is -1.85. The van der Waals surface area contributed by atoms with Crippen LogP contribution >= 0.6 is 38.9 Å². The third-order valence-corrected chi connectivity index (χ3v) is 4.36. The number of rotatable bonds is 1. The van der Waals surface area contributed by atoms with Gasteiger partial charge in [0.1, 0.15) is 4.34 Å². The van der Waals surface area contributed by atoms with Crippen LogP contribution in [-0.2, 0) is 0 Å². The van der Waals surface area contributed by atoms with Crippen LogP contribution in [0.15, 0.2) is 28.7 Å². The van der Waals surface area contributed by atoms with Crippen LogP contribution in [0.2, 0.25) is 4.34 Å². The molecule has 0 fully saturated rings. The zero-order chi connectivity index (χ0) is 11.0. The van der Waals surface area contributed by atoms with Crippen molar-refractivity contribution in [3.05, 3.63) is 38.6 Å². The van der Waals surface area contributed by atoms with E-state index in [0.29, 0.717) is 10.0 Å². The molecule has 0 saturated carbocycles. The summed E-state index contributed by atoms with van der Waals surface area (Å²) < 4.78 is 1.74. The second-order valence-corrected chi connectivity index (χ2v) is 5.79. The maximum absolute atomic E-state index is 6.00. The van der Waals surface area contributed by atoms with Crippen molar-refractivity contribution in [2.75, 3.05) is 5.73 Å². The highest BCUT2D eigenvalue weighted by Gasteiger charge is 2.11. The molecule has 1 aromatic carbocycles. The van der Waals surface area contributed by atoms with Crippen LogP contribution in [0.5, 0.6) is 0 Å². The summed E-state index contributed by atoms with van der Waals surface area (Å²) in [6.07, 6.45) is 0. The molecule has 0 aliphatic heterocycles. The minimum Gasteiger partial charge on any atom is -0.397 e. The van der Waals surface area contributed by atoms with Gasteiger partial charge in [-0.25, -0.2) is 0 Å². The molecule has 15 heavy (non-hydrogen) atoms. The van der Waals surface area contributed by atoms with E-state index in [2.05, 4.69) is 28.1 Å². The number of thiophene rings is 1. The first-order valence-electron chi connectivity index (χ1n) is 4.40. The first-order chi connectivity index (χ1) is 7.09. The normalized spacial score (nSPS) is 10.6. The number of benzene rings is 1. The Morgan fingerprint density at radius 1 is 1.27 bits per heavy atom. The number of nitrogen functional groups attached to an aromatic ring is 1. The molecule has 4 heteroatoms. The Bertz CT molecular complexity index is 490. The van der Waals surface area contributed by atoms with Gasteiger partial charge in [0.15, 0.2) is 0 Å². The maximum Gasteiger partial charge on any atom is 0.117 e. The van der Waals surface area contributed by atoms with Gasteiger partial charge < -0.3 is 5.73 Å². The first kappa shape index (κ1) is 11.0. The van der Waals surface area contributed by atoms with E-state index in [4.69, 9.17) is 17.3 Å². The van der Waals surface area contributed by atoms with Crippen molar-refractivity contribution < 1.29 is 0 Å². The van der Waals surface area contributed by atoms with Crippen molar-refractivity contribution in [2.24, 2.45) is 0 Å². The van der Waals surface area contributed by atoms with E-state index in [-0.39, 0.29) is 0 Å². The van der Waals surface area contributed by atoms with Crippen LogP contribution in [0.4, 0.5) is 5.69 Å². The molecule has 78 valence electrons. The molecule has 0 atom stereocenters. The van der Waals surface area contributed by atoms with E-state index in [1.54, 1.807) is 0 Å². The van der Waals surface area contributed by atoms with Crippen molar-refractivity contribution >= 4 is 44.6 Å². The van der Waals surface area contributed by atoms with Gasteiger partial charge in [0.05, 0.1) is 5.69 Å². The third kappa shape index (κ3) is 2.05. The van der Waals surface area contributed by atoms with Crippen LogP contribution < -0.4 is 5.73 Å². The lowest BCUT2D eigenvalue weighted by atomic mass is 10.1. The molecule has 0 amide bonds. The standard InChI is InChI=1S/C11H9BrClNS/c1-6-9(14)11(13)15-10(6)7-2-4-8(12)5-3-7/h2-5H,14H2,1H3. The van der Waals surface area contributed by atoms with Gasteiger partial charge in [-0.15, -0.1) is 11.3 Å². The van der Waals surface area contributed by atoms with Crippen LogP contribution in [-0.4, -0.2) is 0 Å². The minimum absolute atomic E-state index is 0.672. The monoisotopic (exact) mass is 301 g/mol. The zero-order valence-electron chi connectivity index (χ0n) is 8.05. The van der Waals surface area contributed by atoms with E-state index >= 15 is 0 Å². The van der Waals surface area contributed by atoms with Gasteiger partial charge in [-0.1, -0.05) is 39.7 Å². The molecule has 2 N–H and O–H groups in total. The van der Waals surface area contributed by atoms with Gasteiger partial charge in [0.25, 0.3) is 0 Å². The van der Waals surface area contributed by atoms with E-state index in [1.165, 1.54) is 11.3 Å². The highest BCUT2D eigenvalue weighted by Crippen LogP contribution is 2.41. The van der Waals surface area contributed by atoms with Gasteiger partial charge in [0, 0.05) is 9.35 Å². The summed E-state index contributed by atoms with van der Waals surface area (Å²) >= 11 is 10.9. The Hall–Kier alpha value is -0.510. The number of anilines is 1. The van der Waals surface area contributed by atoms with E-state index < -0.39 is 0 Å². The Kier molecular flexibility index (Phi) is 3.05. The van der Waals surface area contributed by atoms with Crippen molar-refractivity contribution in [1.82, 2.24) is 0 Å². The van der Waals surface area contributed by atoms with Crippen LogP contribution in [0.25, 0.3) is 10.4 Å². The summed E-state index contributed by atoms with van der Waals surface area (Å²) in [4.78, 5) is 1.14. The second kappa shape index (κ2) is 4.16. The molecule has 0 radical (unpaired) electrons. The SMILES string of the molecule is Cc1c(-c2ccc(Br)cc2)sc(Cl)c1N. The topological polar surface area (TPSA) is 26.0 Å². The lowest BCUT2D eigenvalue weighted by Gasteiger charge is -2.00. The number of hydrogen-bond acceptors (Lipinski definition) is 2. The van der Waals surface area contributed by atoms with Crippen LogP contribution in [0.1, 0.15) is 5.56 Å². The summed E-state index contributed by atoms with van der Waals surface area (Å²) in [5.74, 6) is 0. The van der Waals surface area contributed by atoms with Crippen LogP contribution in [0, 0.1) is 6.92 Å². The predicted molar refractivity (Wildman–Crippen MR) is 71.6 cm³/mol. The molecule has 1 nitrogen and oxygen atoms in total. The first-order valence-corrected chi connectivity index (χ1v) is 6.38. The van der Waals surface area contributed by atoms with Gasteiger partial charge in [-0.3, -0.25) is 0 Å². The molecular formula is C11H9BrClNS. The molecule has 0 bridgehead atoms. The van der Waals surface area contributed by atoms with E-state index in [9.17, 15) is 0 Å². The molecule has 1 heterocycles. The molecule has 0 aliphatic carbocycles. The fourth-order valence-corrected chi connectivity index (χ4v) is 2.96. The Morgan fingerprint density at radius 2 is 1.87 bits per heavy atom. The minimum atomic E-state index is 0.672. The largest absolute Gasteiger partial charge is 0.397 e. The quantitative estimate of drug-likeness (QED) is 0.810. The van der Waals surface area contributed by atoms with E-state index in [0.717, 1.165) is 20.5 Å². The smallest absolute Gasteiger partial charge is 0.117 e. The lowest BCUT2D eigenvalue weighted by molar-refractivity contribution is 1.53. The number of nitrogens with two attached hydrogens (primary N) is 1. The fraction of sp³-hybridized carbons (Fsp3) is 0.0909. The molecule has 0 spiro atoms. The second-order valence-electron chi connectivity index (χ2n) is 3.25. The Labute approximate surface area is 106 Å². The van der Waals surface area contributed by atoms with E-state index in [1.807, 2.05) is 19.1 Å². The van der Waals surface area contributed by atoms with Gasteiger partial charge in [-0.2, -0.15) is 0 Å². The highest BCUT2D eigenvalue weighted by molar-refractivity contribution is 9.10. The molecule has 1 aromatic heterocycles. The molecule has 2 rings (SSSR count). The number of hydrogen-bond donors (Lipinski definition) is 1. The Balaban J connectivity index is 2.54. The van der Waals surface area contributed by atoms with Gasteiger partial charge in [-0.05, 0) is 30.2 Å². The zero-order valence-corrected chi connectivity index (χ0v) is 11.2. The average Bonchev–Trinajstić information content (AvgIpc) is 2.47. The maximum atomic E-state index is 6.00. The third-order valence-electron chi connectivity index (χ3n) is 2.25. The molecular weight excluding hydrogens is 294 g/mol. The number of halogens is 2. The summed E-state index contributed by atoms with van der Waals surface area (Å²) in [5.41, 5.74) is 8.75. The van der Waals surface area contributed by atoms with Gasteiger partial charge >= 0.3 is 0 Å². The molecule has 0 unspecified atom stereocenters. The van der Waals surface area contributed by atoms with Crippen molar-refractivity contribution in [2.45, 2.75) is 6.92 Å². The molecule has 0 aliphatic rings. The fourth-order valence-electron chi connectivity index (χ4n) is 1.37. The summed E-state index contributed by atoms with van der Waals surface area (Å²) in [6.45, 7) is 2.00. The molecule has 0 saturated heterocycles. The van der Waals surface area contributed by atoms with Crippen molar-refractivity contribution in [3.8, 4) is 10.4 Å². The van der Waals surface area contributed by atoms with Crippen LogP contribution in [0.3, 0.4) is 0 Å².